The summed E-state index contributed by atoms with van der Waals surface area (Å²) in [6.07, 6.45) is 7.29. The molecular weight excluding hydrogens is 399 g/mol. The Hall–Kier alpha value is -1.56. The zero-order valence-electron chi connectivity index (χ0n) is 15.4. The summed E-state index contributed by atoms with van der Waals surface area (Å²) in [5, 5.41) is 10.5. The number of aromatic carboxylic acids is 1. The van der Waals surface area contributed by atoms with Gasteiger partial charge in [0.05, 0.1) is 33.5 Å². The number of halogens is 2. The van der Waals surface area contributed by atoms with Crippen molar-refractivity contribution < 1.29 is 14.6 Å². The normalized spacial score (nSPS) is 30.7. The zero-order chi connectivity index (χ0) is 19.5. The van der Waals surface area contributed by atoms with Crippen LogP contribution in [0.5, 0.6) is 0 Å². The molecular formula is C21H22Cl2N2O3. The van der Waals surface area contributed by atoms with E-state index in [2.05, 4.69) is 9.97 Å². The summed E-state index contributed by atoms with van der Waals surface area (Å²) in [7, 11) is 0. The van der Waals surface area contributed by atoms with E-state index < -0.39 is 5.97 Å². The Morgan fingerprint density at radius 2 is 1.71 bits per heavy atom. The maximum Gasteiger partial charge on any atom is 0.356 e. The number of hydrogen-bond donors (Lipinski definition) is 2. The van der Waals surface area contributed by atoms with Crippen molar-refractivity contribution in [3.63, 3.8) is 0 Å². The fourth-order valence-corrected chi connectivity index (χ4v) is 6.54. The summed E-state index contributed by atoms with van der Waals surface area (Å²) in [4.78, 5) is 19.1. The topological polar surface area (TPSA) is 75.2 Å². The third kappa shape index (κ3) is 3.14. The van der Waals surface area contributed by atoms with E-state index in [1.165, 1.54) is 19.3 Å². The average molecular weight is 421 g/mol. The third-order valence-electron chi connectivity index (χ3n) is 6.69. The molecule has 0 aliphatic heterocycles. The first kappa shape index (κ1) is 18.5. The molecule has 0 atom stereocenters. The fraction of sp³-hybridized carbons (Fsp3) is 0.524. The van der Waals surface area contributed by atoms with Crippen LogP contribution in [-0.2, 0) is 11.3 Å². The van der Waals surface area contributed by atoms with E-state index in [9.17, 15) is 9.90 Å². The van der Waals surface area contributed by atoms with Crippen LogP contribution in [0.1, 0.15) is 54.7 Å². The van der Waals surface area contributed by atoms with Gasteiger partial charge in [-0.15, -0.1) is 0 Å². The lowest BCUT2D eigenvalue weighted by molar-refractivity contribution is -0.169. The molecule has 4 aliphatic rings. The lowest BCUT2D eigenvalue weighted by atomic mass is 9.54. The van der Waals surface area contributed by atoms with Crippen LogP contribution < -0.4 is 0 Å². The Kier molecular flexibility index (Phi) is 4.45. The van der Waals surface area contributed by atoms with Gasteiger partial charge in [0.15, 0.2) is 5.69 Å². The number of imidazole rings is 1. The molecule has 7 heteroatoms. The minimum atomic E-state index is -1.09. The van der Waals surface area contributed by atoms with Gasteiger partial charge in [-0.1, -0.05) is 29.3 Å². The molecule has 4 aliphatic carbocycles. The van der Waals surface area contributed by atoms with E-state index >= 15 is 0 Å². The molecule has 1 heterocycles. The van der Waals surface area contributed by atoms with Crippen molar-refractivity contribution in [2.24, 2.45) is 17.8 Å². The lowest BCUT2D eigenvalue weighted by Gasteiger charge is -2.56. The molecule has 5 nitrogen and oxygen atoms in total. The summed E-state index contributed by atoms with van der Waals surface area (Å²) >= 11 is 12.5. The van der Waals surface area contributed by atoms with Crippen molar-refractivity contribution in [1.29, 1.82) is 0 Å². The Morgan fingerprint density at radius 1 is 1.14 bits per heavy atom. The number of carbonyl (C=O) groups is 1. The van der Waals surface area contributed by atoms with Gasteiger partial charge in [-0.2, -0.15) is 0 Å². The third-order valence-corrected chi connectivity index (χ3v) is 7.32. The SMILES string of the molecule is O=C(O)c1nc(-c2c(Cl)cccc2Cl)[nH]c1COC12CC3CC(CC(C3)C1)C2. The maximum absolute atomic E-state index is 11.8. The van der Waals surface area contributed by atoms with Crippen molar-refractivity contribution in [3.8, 4) is 11.4 Å². The zero-order valence-corrected chi connectivity index (χ0v) is 16.9. The number of aromatic amines is 1. The van der Waals surface area contributed by atoms with Crippen molar-refractivity contribution in [2.75, 3.05) is 0 Å². The van der Waals surface area contributed by atoms with E-state index in [4.69, 9.17) is 27.9 Å². The first-order valence-electron chi connectivity index (χ1n) is 9.83. The Labute approximate surface area is 173 Å². The van der Waals surface area contributed by atoms with Gasteiger partial charge in [0.25, 0.3) is 0 Å². The van der Waals surface area contributed by atoms with Gasteiger partial charge in [-0.05, 0) is 68.4 Å². The number of carboxylic acid groups (broad SMARTS) is 1. The standard InChI is InChI=1S/C21H22Cl2N2O3/c22-14-2-1-3-15(23)17(14)19-24-16(18(25-19)20(26)27)10-28-21-7-11-4-12(8-21)6-13(5-11)9-21/h1-3,11-13H,4-10H2,(H,24,25)(H,26,27). The van der Waals surface area contributed by atoms with E-state index in [-0.39, 0.29) is 17.9 Å². The maximum atomic E-state index is 11.8. The van der Waals surface area contributed by atoms with Crippen LogP contribution in [0.15, 0.2) is 18.2 Å². The van der Waals surface area contributed by atoms with Gasteiger partial charge in [-0.25, -0.2) is 9.78 Å². The highest BCUT2D eigenvalue weighted by molar-refractivity contribution is 6.39. The number of ether oxygens (including phenoxy) is 1. The molecule has 4 bridgehead atoms. The number of nitrogens with zero attached hydrogens (tertiary/aromatic N) is 1. The largest absolute Gasteiger partial charge is 0.476 e. The first-order valence-corrected chi connectivity index (χ1v) is 10.6. The predicted molar refractivity (Wildman–Crippen MR) is 107 cm³/mol. The van der Waals surface area contributed by atoms with E-state index in [0.717, 1.165) is 37.0 Å². The summed E-state index contributed by atoms with van der Waals surface area (Å²) in [5.74, 6) is 1.57. The molecule has 2 N–H and O–H groups in total. The van der Waals surface area contributed by atoms with Crippen LogP contribution in [-0.4, -0.2) is 26.6 Å². The van der Waals surface area contributed by atoms with Crippen LogP contribution in [0.4, 0.5) is 0 Å². The van der Waals surface area contributed by atoms with Gasteiger partial charge in [0.1, 0.15) is 5.82 Å². The van der Waals surface area contributed by atoms with Gasteiger partial charge < -0.3 is 14.8 Å². The molecule has 4 saturated carbocycles. The van der Waals surface area contributed by atoms with E-state index in [0.29, 0.717) is 27.1 Å². The highest BCUT2D eigenvalue weighted by Gasteiger charge is 2.51. The van der Waals surface area contributed by atoms with Gasteiger partial charge in [-0.3, -0.25) is 0 Å². The Balaban J connectivity index is 1.42. The molecule has 2 aromatic rings. The van der Waals surface area contributed by atoms with Crippen molar-refractivity contribution in [2.45, 2.75) is 50.7 Å². The highest BCUT2D eigenvalue weighted by atomic mass is 35.5. The molecule has 0 spiro atoms. The summed E-state index contributed by atoms with van der Waals surface area (Å²) in [6.45, 7) is 0.211. The second-order valence-electron chi connectivity index (χ2n) is 8.70. The molecule has 0 amide bonds. The molecule has 0 unspecified atom stereocenters. The van der Waals surface area contributed by atoms with Crippen LogP contribution in [0, 0.1) is 17.8 Å². The van der Waals surface area contributed by atoms with Crippen LogP contribution in [0.2, 0.25) is 10.0 Å². The summed E-state index contributed by atoms with van der Waals surface area (Å²) in [5.41, 5.74) is 0.844. The number of H-pyrrole nitrogens is 1. The number of rotatable bonds is 5. The Morgan fingerprint density at radius 3 is 2.25 bits per heavy atom. The fourth-order valence-electron chi connectivity index (χ4n) is 5.97. The number of aromatic nitrogens is 2. The van der Waals surface area contributed by atoms with Crippen molar-refractivity contribution in [1.82, 2.24) is 9.97 Å². The van der Waals surface area contributed by atoms with Crippen molar-refractivity contribution >= 4 is 29.2 Å². The molecule has 1 aromatic heterocycles. The minimum absolute atomic E-state index is 0.0317. The summed E-state index contributed by atoms with van der Waals surface area (Å²) < 4.78 is 6.43. The van der Waals surface area contributed by atoms with E-state index in [1.807, 2.05) is 0 Å². The number of hydrogen-bond acceptors (Lipinski definition) is 3. The molecule has 0 saturated heterocycles. The molecule has 0 radical (unpaired) electrons. The van der Waals surface area contributed by atoms with Crippen LogP contribution in [0.25, 0.3) is 11.4 Å². The number of carboxylic acids is 1. The first-order chi connectivity index (χ1) is 13.4. The van der Waals surface area contributed by atoms with Gasteiger partial charge in [0, 0.05) is 0 Å². The second-order valence-corrected chi connectivity index (χ2v) is 9.52. The van der Waals surface area contributed by atoms with Crippen molar-refractivity contribution in [3.05, 3.63) is 39.6 Å². The monoisotopic (exact) mass is 420 g/mol. The predicted octanol–water partition coefficient (Wildman–Crippen LogP) is 5.57. The molecule has 6 rings (SSSR count). The average Bonchev–Trinajstić information content (AvgIpc) is 3.03. The van der Waals surface area contributed by atoms with Gasteiger partial charge in [0.2, 0.25) is 0 Å². The molecule has 148 valence electrons. The lowest BCUT2D eigenvalue weighted by Crippen LogP contribution is -2.51. The summed E-state index contributed by atoms with van der Waals surface area (Å²) in [6, 6.07) is 5.15. The number of nitrogens with one attached hydrogen (secondary N) is 1. The second kappa shape index (κ2) is 6.75. The van der Waals surface area contributed by atoms with E-state index in [1.54, 1.807) is 18.2 Å². The minimum Gasteiger partial charge on any atom is -0.476 e. The van der Waals surface area contributed by atoms with Gasteiger partial charge >= 0.3 is 5.97 Å². The smallest absolute Gasteiger partial charge is 0.356 e. The molecule has 4 fully saturated rings. The number of benzene rings is 1. The Bertz CT molecular complexity index is 884. The van der Waals surface area contributed by atoms with Crippen LogP contribution in [0.3, 0.4) is 0 Å². The molecule has 1 aromatic carbocycles. The van der Waals surface area contributed by atoms with Crippen LogP contribution >= 0.6 is 23.2 Å². The highest BCUT2D eigenvalue weighted by Crippen LogP contribution is 2.57. The quantitative estimate of drug-likeness (QED) is 0.662. The molecule has 28 heavy (non-hydrogen) atoms.